The van der Waals surface area contributed by atoms with Gasteiger partial charge in [0.15, 0.2) is 0 Å². The van der Waals surface area contributed by atoms with Crippen molar-refractivity contribution >= 4 is 34.0 Å². The molecule has 0 spiro atoms. The Labute approximate surface area is 138 Å². The van der Waals surface area contributed by atoms with Gasteiger partial charge in [0.2, 0.25) is 5.91 Å². The Balaban J connectivity index is 1.94. The van der Waals surface area contributed by atoms with E-state index >= 15 is 0 Å². The zero-order chi connectivity index (χ0) is 16.4. The summed E-state index contributed by atoms with van der Waals surface area (Å²) >= 11 is 6.41. The number of alkyl halides is 1. The lowest BCUT2D eigenvalue weighted by Crippen LogP contribution is -2.32. The maximum Gasteiger partial charge on any atom is 0.249 e. The number of hydrogen-bond donors (Lipinski definition) is 1. The second-order valence-corrected chi connectivity index (χ2v) is 6.25. The Morgan fingerprint density at radius 1 is 1.04 bits per heavy atom. The van der Waals surface area contributed by atoms with Crippen LogP contribution >= 0.6 is 11.6 Å². The van der Waals surface area contributed by atoms with Gasteiger partial charge in [0.05, 0.1) is 0 Å². The third kappa shape index (κ3) is 3.06. The molecule has 3 aromatic carbocycles. The predicted molar refractivity (Wildman–Crippen MR) is 92.2 cm³/mol. The van der Waals surface area contributed by atoms with E-state index in [1.165, 1.54) is 18.2 Å². The van der Waals surface area contributed by atoms with E-state index in [0.29, 0.717) is 11.3 Å². The van der Waals surface area contributed by atoms with Crippen LogP contribution in [0.1, 0.15) is 12.5 Å². The van der Waals surface area contributed by atoms with Gasteiger partial charge in [-0.15, -0.1) is 11.6 Å². The molecule has 2 nitrogen and oxygen atoms in total. The second kappa shape index (κ2) is 6.01. The van der Waals surface area contributed by atoms with Crippen LogP contribution in [0.15, 0.2) is 66.7 Å². The van der Waals surface area contributed by atoms with Crippen molar-refractivity contribution in [2.75, 3.05) is 5.32 Å². The summed E-state index contributed by atoms with van der Waals surface area (Å²) in [5.74, 6) is -0.826. The van der Waals surface area contributed by atoms with E-state index < -0.39 is 16.6 Å². The highest BCUT2D eigenvalue weighted by molar-refractivity contribution is 6.36. The Hall–Kier alpha value is -2.39. The van der Waals surface area contributed by atoms with Crippen LogP contribution in [-0.2, 0) is 9.67 Å². The molecule has 0 saturated carbocycles. The molecule has 4 heteroatoms. The van der Waals surface area contributed by atoms with E-state index in [1.807, 2.05) is 42.5 Å². The van der Waals surface area contributed by atoms with Crippen molar-refractivity contribution in [1.82, 2.24) is 0 Å². The van der Waals surface area contributed by atoms with Crippen molar-refractivity contribution in [1.29, 1.82) is 0 Å². The minimum atomic E-state index is -1.36. The Morgan fingerprint density at radius 2 is 1.74 bits per heavy atom. The fourth-order valence-electron chi connectivity index (χ4n) is 2.49. The van der Waals surface area contributed by atoms with Gasteiger partial charge in [-0.2, -0.15) is 0 Å². The second-order valence-electron chi connectivity index (χ2n) is 5.49. The van der Waals surface area contributed by atoms with Crippen molar-refractivity contribution in [3.05, 3.63) is 78.1 Å². The summed E-state index contributed by atoms with van der Waals surface area (Å²) in [6.45, 7) is 1.56. The van der Waals surface area contributed by atoms with Crippen LogP contribution in [0.25, 0.3) is 10.8 Å². The molecule has 0 fully saturated rings. The molecule has 0 aromatic heterocycles. The lowest BCUT2D eigenvalue weighted by atomic mass is 9.98. The van der Waals surface area contributed by atoms with Gasteiger partial charge in [-0.3, -0.25) is 4.79 Å². The minimum absolute atomic E-state index is 0.402. The molecule has 1 amide bonds. The summed E-state index contributed by atoms with van der Waals surface area (Å²) in [4.78, 5) is 11.3. The normalized spacial score (nSPS) is 13.5. The predicted octanol–water partition coefficient (Wildman–Crippen LogP) is 5.07. The van der Waals surface area contributed by atoms with E-state index in [9.17, 15) is 9.18 Å². The highest BCUT2D eigenvalue weighted by Gasteiger charge is 2.33. The van der Waals surface area contributed by atoms with Crippen molar-refractivity contribution in [2.45, 2.75) is 11.8 Å². The van der Waals surface area contributed by atoms with Gasteiger partial charge in [-0.05, 0) is 36.1 Å². The van der Waals surface area contributed by atoms with Crippen LogP contribution in [0.3, 0.4) is 0 Å². The summed E-state index contributed by atoms with van der Waals surface area (Å²) < 4.78 is 13.4. The average molecular weight is 328 g/mol. The van der Waals surface area contributed by atoms with Crippen LogP contribution in [0.4, 0.5) is 10.1 Å². The summed E-state index contributed by atoms with van der Waals surface area (Å²) in [5, 5.41) is 4.80. The molecule has 0 saturated heterocycles. The van der Waals surface area contributed by atoms with E-state index in [4.69, 9.17) is 11.6 Å². The number of nitrogens with one attached hydrogen (secondary N) is 1. The smallest absolute Gasteiger partial charge is 0.249 e. The topological polar surface area (TPSA) is 29.1 Å². The van der Waals surface area contributed by atoms with E-state index in [1.54, 1.807) is 13.0 Å². The zero-order valence-electron chi connectivity index (χ0n) is 12.5. The fourth-order valence-corrected chi connectivity index (χ4v) is 2.65. The molecule has 0 heterocycles. The minimum Gasteiger partial charge on any atom is -0.324 e. The van der Waals surface area contributed by atoms with E-state index in [-0.39, 0.29) is 0 Å². The maximum absolute atomic E-state index is 13.4. The third-order valence-corrected chi connectivity index (χ3v) is 4.22. The third-order valence-electron chi connectivity index (χ3n) is 3.83. The first-order valence-corrected chi connectivity index (χ1v) is 7.60. The van der Waals surface area contributed by atoms with Gasteiger partial charge in [-0.25, -0.2) is 4.39 Å². The van der Waals surface area contributed by atoms with Crippen LogP contribution in [0.2, 0.25) is 0 Å². The van der Waals surface area contributed by atoms with Crippen LogP contribution < -0.4 is 5.32 Å². The molecule has 23 heavy (non-hydrogen) atoms. The Bertz CT molecular complexity index is 871. The lowest BCUT2D eigenvalue weighted by Gasteiger charge is -2.22. The molecule has 1 N–H and O–H groups in total. The summed E-state index contributed by atoms with van der Waals surface area (Å²) in [6.07, 6.45) is 0. The fraction of sp³-hybridized carbons (Fsp3) is 0.105. The highest BCUT2D eigenvalue weighted by atomic mass is 35.5. The van der Waals surface area contributed by atoms with Crippen LogP contribution in [0, 0.1) is 5.82 Å². The Kier molecular flexibility index (Phi) is 4.05. The summed E-state index contributed by atoms with van der Waals surface area (Å²) in [6, 6.07) is 19.2. The SMILES string of the molecule is CC(Cl)(C(=O)Nc1cccc2ccccc12)c1cccc(F)c1. The van der Waals surface area contributed by atoms with Crippen molar-refractivity contribution < 1.29 is 9.18 Å². The first kappa shape index (κ1) is 15.5. The van der Waals surface area contributed by atoms with Gasteiger partial charge in [0.1, 0.15) is 10.7 Å². The molecule has 0 aliphatic carbocycles. The average Bonchev–Trinajstić information content (AvgIpc) is 2.55. The highest BCUT2D eigenvalue weighted by Crippen LogP contribution is 2.32. The van der Waals surface area contributed by atoms with Gasteiger partial charge >= 0.3 is 0 Å². The van der Waals surface area contributed by atoms with Gasteiger partial charge < -0.3 is 5.32 Å². The Morgan fingerprint density at radius 3 is 2.52 bits per heavy atom. The summed E-state index contributed by atoms with van der Waals surface area (Å²) in [5.41, 5.74) is 1.09. The molecule has 116 valence electrons. The number of amides is 1. The summed E-state index contributed by atoms with van der Waals surface area (Å²) in [7, 11) is 0. The number of fused-ring (bicyclic) bond motifs is 1. The number of anilines is 1. The number of halogens is 2. The van der Waals surface area contributed by atoms with Crippen LogP contribution in [0.5, 0.6) is 0 Å². The number of rotatable bonds is 3. The zero-order valence-corrected chi connectivity index (χ0v) is 13.3. The van der Waals surface area contributed by atoms with Gasteiger partial charge in [0.25, 0.3) is 0 Å². The number of carbonyl (C=O) groups excluding carboxylic acids is 1. The maximum atomic E-state index is 13.4. The molecule has 1 atom stereocenters. The molecular weight excluding hydrogens is 313 g/mol. The molecule has 1 unspecified atom stereocenters. The van der Waals surface area contributed by atoms with E-state index in [2.05, 4.69) is 5.32 Å². The number of benzene rings is 3. The van der Waals surface area contributed by atoms with Crippen LogP contribution in [-0.4, -0.2) is 5.91 Å². The molecule has 3 rings (SSSR count). The molecular formula is C19H15ClFNO. The van der Waals surface area contributed by atoms with Crippen molar-refractivity contribution in [3.63, 3.8) is 0 Å². The lowest BCUT2D eigenvalue weighted by molar-refractivity contribution is -0.118. The molecule has 3 aromatic rings. The number of carbonyl (C=O) groups is 1. The van der Waals surface area contributed by atoms with E-state index in [0.717, 1.165) is 10.8 Å². The standard InChI is InChI=1S/C19H15ClFNO/c1-19(20,14-8-5-9-15(21)12-14)18(23)22-17-11-4-7-13-6-2-3-10-16(13)17/h2-12H,1H3,(H,22,23). The van der Waals surface area contributed by atoms with Gasteiger partial charge in [-0.1, -0.05) is 48.5 Å². The number of hydrogen-bond acceptors (Lipinski definition) is 1. The quantitative estimate of drug-likeness (QED) is 0.668. The first-order valence-electron chi connectivity index (χ1n) is 7.22. The largest absolute Gasteiger partial charge is 0.324 e. The molecule has 0 radical (unpaired) electrons. The molecule has 0 aliphatic rings. The van der Waals surface area contributed by atoms with Gasteiger partial charge in [0, 0.05) is 11.1 Å². The monoisotopic (exact) mass is 327 g/mol. The van der Waals surface area contributed by atoms with Crippen molar-refractivity contribution in [3.8, 4) is 0 Å². The molecule has 0 aliphatic heterocycles. The van der Waals surface area contributed by atoms with Crippen molar-refractivity contribution in [2.24, 2.45) is 0 Å². The first-order chi connectivity index (χ1) is 11.0. The molecule has 0 bridgehead atoms.